The largest absolute Gasteiger partial charge is 0.459 e. The summed E-state index contributed by atoms with van der Waals surface area (Å²) in [5.41, 5.74) is 2.10. The molecule has 0 radical (unpaired) electrons. The quantitative estimate of drug-likeness (QED) is 0.258. The molecule has 2 heterocycles. The van der Waals surface area contributed by atoms with Crippen molar-refractivity contribution >= 4 is 40.9 Å². The van der Waals surface area contributed by atoms with Gasteiger partial charge in [0, 0.05) is 37.8 Å². The number of hydrogen-bond acceptors (Lipinski definition) is 4. The Labute approximate surface area is 178 Å². The molecule has 2 N–H and O–H groups in total. The maximum atomic E-state index is 5.92. The molecule has 0 amide bonds. The minimum atomic E-state index is 0. The summed E-state index contributed by atoms with van der Waals surface area (Å²) >= 11 is 0. The number of guanidine groups is 1. The molecule has 150 valence electrons. The molecular weight excluding hydrogens is 457 g/mol. The lowest BCUT2D eigenvalue weighted by Crippen LogP contribution is -2.37. The van der Waals surface area contributed by atoms with Crippen molar-refractivity contribution in [3.8, 4) is 0 Å². The summed E-state index contributed by atoms with van der Waals surface area (Å²) in [4.78, 5) is 4.26. The molecule has 3 rings (SSSR count). The van der Waals surface area contributed by atoms with Gasteiger partial charge in [-0.3, -0.25) is 4.99 Å². The summed E-state index contributed by atoms with van der Waals surface area (Å²) in [6.45, 7) is 5.82. The number of furan rings is 1. The third-order valence-electron chi connectivity index (χ3n) is 4.67. The van der Waals surface area contributed by atoms with E-state index in [4.69, 9.17) is 13.9 Å². The molecule has 7 heteroatoms. The first-order valence-electron chi connectivity index (χ1n) is 9.39. The van der Waals surface area contributed by atoms with E-state index in [2.05, 4.69) is 28.6 Å². The van der Waals surface area contributed by atoms with Crippen LogP contribution in [0.15, 0.2) is 33.7 Å². The molecule has 1 aromatic carbocycles. The van der Waals surface area contributed by atoms with Gasteiger partial charge in [-0.05, 0) is 32.3 Å². The minimum absolute atomic E-state index is 0. The van der Waals surface area contributed by atoms with Crippen molar-refractivity contribution in [2.75, 3.05) is 33.4 Å². The Balaban J connectivity index is 0.00000261. The summed E-state index contributed by atoms with van der Waals surface area (Å²) in [6.07, 6.45) is 3.50. The van der Waals surface area contributed by atoms with Gasteiger partial charge in [0.25, 0.3) is 0 Å². The predicted molar refractivity (Wildman–Crippen MR) is 119 cm³/mol. The predicted octanol–water partition coefficient (Wildman–Crippen LogP) is 3.61. The first-order valence-corrected chi connectivity index (χ1v) is 9.39. The fourth-order valence-corrected chi connectivity index (χ4v) is 3.15. The smallest absolute Gasteiger partial charge is 0.191 e. The summed E-state index contributed by atoms with van der Waals surface area (Å²) in [7, 11) is 1.77. The average molecular weight is 487 g/mol. The van der Waals surface area contributed by atoms with E-state index in [-0.39, 0.29) is 24.0 Å². The van der Waals surface area contributed by atoms with Crippen LogP contribution >= 0.6 is 24.0 Å². The SMILES string of the molecule is CN=C(NCCCOCC1CCCO1)NCc1oc2ccccc2c1C.I. The molecule has 6 nitrogen and oxygen atoms in total. The number of hydrogen-bond donors (Lipinski definition) is 2. The molecular formula is C20H30IN3O3. The Kier molecular flexibility index (Phi) is 9.36. The van der Waals surface area contributed by atoms with E-state index < -0.39 is 0 Å². The Hall–Kier alpha value is -1.32. The molecule has 1 atom stereocenters. The second-order valence-electron chi connectivity index (χ2n) is 6.56. The van der Waals surface area contributed by atoms with Crippen LogP contribution in [0.3, 0.4) is 0 Å². The highest BCUT2D eigenvalue weighted by Gasteiger charge is 2.15. The maximum absolute atomic E-state index is 5.92. The van der Waals surface area contributed by atoms with Crippen molar-refractivity contribution in [1.29, 1.82) is 0 Å². The normalized spacial score (nSPS) is 17.1. The van der Waals surface area contributed by atoms with Crippen molar-refractivity contribution < 1.29 is 13.9 Å². The van der Waals surface area contributed by atoms with Gasteiger partial charge in [-0.2, -0.15) is 0 Å². The lowest BCUT2D eigenvalue weighted by molar-refractivity contribution is 0.0168. The third-order valence-corrected chi connectivity index (χ3v) is 4.67. The number of nitrogens with one attached hydrogen (secondary N) is 2. The van der Waals surface area contributed by atoms with Crippen LogP contribution in [-0.4, -0.2) is 45.5 Å². The second-order valence-corrected chi connectivity index (χ2v) is 6.56. The number of benzene rings is 1. The zero-order chi connectivity index (χ0) is 18.2. The summed E-state index contributed by atoms with van der Waals surface area (Å²) in [5.74, 6) is 1.71. The summed E-state index contributed by atoms with van der Waals surface area (Å²) in [5, 5.41) is 7.78. The van der Waals surface area contributed by atoms with Crippen molar-refractivity contribution in [2.24, 2.45) is 4.99 Å². The molecule has 0 aliphatic carbocycles. The van der Waals surface area contributed by atoms with E-state index in [9.17, 15) is 0 Å². The van der Waals surface area contributed by atoms with E-state index in [0.29, 0.717) is 19.3 Å². The van der Waals surface area contributed by atoms with Gasteiger partial charge in [-0.25, -0.2) is 0 Å². The standard InChI is InChI=1S/C20H29N3O3.HI/c1-15-17-8-3-4-9-18(17)26-19(15)13-23-20(21-2)22-10-6-11-24-14-16-7-5-12-25-16;/h3-4,8-9,16H,5-7,10-14H2,1-2H3,(H2,21,22,23);1H. The average Bonchev–Trinajstić information content (AvgIpc) is 3.29. The Morgan fingerprint density at radius 3 is 2.89 bits per heavy atom. The van der Waals surface area contributed by atoms with E-state index >= 15 is 0 Å². The zero-order valence-electron chi connectivity index (χ0n) is 16.1. The molecule has 1 aliphatic heterocycles. The van der Waals surface area contributed by atoms with Crippen LogP contribution in [0.2, 0.25) is 0 Å². The van der Waals surface area contributed by atoms with Crippen LogP contribution in [0.1, 0.15) is 30.6 Å². The van der Waals surface area contributed by atoms with Crippen LogP contribution in [-0.2, 0) is 16.0 Å². The third kappa shape index (κ3) is 6.36. The number of rotatable bonds is 8. The number of fused-ring (bicyclic) bond motifs is 1. The maximum Gasteiger partial charge on any atom is 0.191 e. The van der Waals surface area contributed by atoms with E-state index in [1.54, 1.807) is 7.05 Å². The van der Waals surface area contributed by atoms with E-state index in [1.807, 2.05) is 18.2 Å². The Morgan fingerprint density at radius 2 is 2.15 bits per heavy atom. The van der Waals surface area contributed by atoms with Crippen LogP contribution in [0.25, 0.3) is 11.0 Å². The van der Waals surface area contributed by atoms with Crippen LogP contribution in [0.4, 0.5) is 0 Å². The molecule has 1 aliphatic rings. The van der Waals surface area contributed by atoms with E-state index in [0.717, 1.165) is 61.7 Å². The van der Waals surface area contributed by atoms with Crippen molar-refractivity contribution in [2.45, 2.75) is 38.8 Å². The Bertz CT molecular complexity index is 726. The fourth-order valence-electron chi connectivity index (χ4n) is 3.15. The summed E-state index contributed by atoms with van der Waals surface area (Å²) < 4.78 is 17.1. The van der Waals surface area contributed by atoms with Crippen LogP contribution in [0.5, 0.6) is 0 Å². The Morgan fingerprint density at radius 1 is 1.30 bits per heavy atom. The lowest BCUT2D eigenvalue weighted by Gasteiger charge is -2.12. The molecule has 0 spiro atoms. The molecule has 1 fully saturated rings. The highest BCUT2D eigenvalue weighted by molar-refractivity contribution is 14.0. The van der Waals surface area contributed by atoms with Gasteiger partial charge in [0.05, 0.1) is 19.3 Å². The molecule has 1 unspecified atom stereocenters. The first kappa shape index (κ1) is 22.0. The van der Waals surface area contributed by atoms with Gasteiger partial charge >= 0.3 is 0 Å². The zero-order valence-corrected chi connectivity index (χ0v) is 18.5. The van der Waals surface area contributed by atoms with Gasteiger partial charge in [0.2, 0.25) is 0 Å². The number of nitrogens with zero attached hydrogens (tertiary/aromatic N) is 1. The fraction of sp³-hybridized carbons (Fsp3) is 0.550. The number of halogens is 1. The van der Waals surface area contributed by atoms with Crippen molar-refractivity contribution in [3.05, 3.63) is 35.6 Å². The monoisotopic (exact) mass is 487 g/mol. The lowest BCUT2D eigenvalue weighted by atomic mass is 10.1. The van der Waals surface area contributed by atoms with Gasteiger partial charge < -0.3 is 24.5 Å². The number of ether oxygens (including phenoxy) is 2. The van der Waals surface area contributed by atoms with Crippen LogP contribution in [0, 0.1) is 6.92 Å². The number of aryl methyl sites for hydroxylation is 1. The molecule has 27 heavy (non-hydrogen) atoms. The van der Waals surface area contributed by atoms with Gasteiger partial charge in [-0.15, -0.1) is 24.0 Å². The van der Waals surface area contributed by atoms with Crippen molar-refractivity contribution in [1.82, 2.24) is 10.6 Å². The summed E-state index contributed by atoms with van der Waals surface area (Å²) in [6, 6.07) is 8.10. The van der Waals surface area contributed by atoms with E-state index in [1.165, 1.54) is 5.56 Å². The molecule has 0 bridgehead atoms. The molecule has 1 saturated heterocycles. The highest BCUT2D eigenvalue weighted by Crippen LogP contribution is 2.24. The van der Waals surface area contributed by atoms with Gasteiger partial charge in [-0.1, -0.05) is 18.2 Å². The van der Waals surface area contributed by atoms with Crippen LogP contribution < -0.4 is 10.6 Å². The van der Waals surface area contributed by atoms with Gasteiger partial charge in [0.1, 0.15) is 11.3 Å². The topological polar surface area (TPSA) is 68.0 Å². The number of aliphatic imine (C=N–C) groups is 1. The molecule has 0 saturated carbocycles. The molecule has 1 aromatic heterocycles. The highest BCUT2D eigenvalue weighted by atomic mass is 127. The minimum Gasteiger partial charge on any atom is -0.459 e. The molecule has 2 aromatic rings. The van der Waals surface area contributed by atoms with Gasteiger partial charge in [0.15, 0.2) is 5.96 Å². The number of para-hydroxylation sites is 1. The second kappa shape index (κ2) is 11.5. The first-order chi connectivity index (χ1) is 12.8. The van der Waals surface area contributed by atoms with Crippen molar-refractivity contribution in [3.63, 3.8) is 0 Å².